The van der Waals surface area contributed by atoms with Crippen molar-refractivity contribution in [3.63, 3.8) is 0 Å². The van der Waals surface area contributed by atoms with Crippen molar-refractivity contribution >= 4 is 52.2 Å². The molecule has 58 heavy (non-hydrogen) atoms. The van der Waals surface area contributed by atoms with Crippen molar-refractivity contribution in [2.24, 2.45) is 11.8 Å². The number of likely N-dealkylation sites (tertiary alicyclic amines) is 1. The number of amides is 3. The summed E-state index contributed by atoms with van der Waals surface area (Å²) in [6, 6.07) is 14.5. The van der Waals surface area contributed by atoms with Crippen LogP contribution in [0, 0.1) is 23.2 Å². The first-order chi connectivity index (χ1) is 27.5. The monoisotopic (exact) mass is 816 g/mol. The highest BCUT2D eigenvalue weighted by molar-refractivity contribution is 7.81. The molecule has 1 unspecified atom stereocenters. The number of nitrogens with one attached hydrogen (secondary N) is 1. The van der Waals surface area contributed by atoms with Gasteiger partial charge in [0, 0.05) is 30.4 Å². The van der Waals surface area contributed by atoms with Gasteiger partial charge < -0.3 is 9.64 Å². The molecule has 3 aliphatic heterocycles. The number of aromatic nitrogens is 1. The molecule has 3 aliphatic rings. The molecule has 4 heterocycles. The van der Waals surface area contributed by atoms with Gasteiger partial charge >= 0.3 is 6.18 Å². The zero-order valence-corrected chi connectivity index (χ0v) is 33.8. The van der Waals surface area contributed by atoms with Crippen LogP contribution in [0.25, 0.3) is 0 Å². The average Bonchev–Trinajstić information content (AvgIpc) is 3.35. The van der Waals surface area contributed by atoms with Gasteiger partial charge in [-0.05, 0) is 119 Å². The Morgan fingerprint density at radius 1 is 1.09 bits per heavy atom. The minimum atomic E-state index is -4.80. The maximum atomic E-state index is 13.8. The number of alkyl halides is 3. The molecule has 15 heteroatoms. The number of halogens is 3. The van der Waals surface area contributed by atoms with E-state index in [1.807, 2.05) is 37.3 Å². The number of carbonyl (C=O) groups excluding carboxylic acids is 4. The number of carbonyl (C=O) groups is 4. The number of benzene rings is 2. The molecule has 1 aromatic heterocycles. The van der Waals surface area contributed by atoms with Crippen LogP contribution in [0.1, 0.15) is 87.6 Å². The summed E-state index contributed by atoms with van der Waals surface area (Å²) in [5.41, 5.74) is 0.133. The van der Waals surface area contributed by atoms with E-state index in [0.29, 0.717) is 62.7 Å². The molecule has 11 nitrogen and oxygen atoms in total. The van der Waals surface area contributed by atoms with Crippen LogP contribution in [0.15, 0.2) is 54.7 Å². The number of ketones is 1. The van der Waals surface area contributed by atoms with E-state index in [2.05, 4.69) is 22.1 Å². The number of nitriles is 1. The van der Waals surface area contributed by atoms with E-state index in [4.69, 9.17) is 17.0 Å². The Hall–Kier alpha value is -5.20. The number of Topliss-reactive ketones (excluding diaryl/α,β-unsaturated/α-hetero) is 1. The maximum Gasteiger partial charge on any atom is 0.417 e. The van der Waals surface area contributed by atoms with E-state index in [0.717, 1.165) is 59.5 Å². The number of thiocarbonyl (C=S) groups is 1. The molecule has 1 N–H and O–H groups in total. The summed E-state index contributed by atoms with van der Waals surface area (Å²) in [7, 11) is 0. The topological polar surface area (TPSA) is 136 Å². The molecule has 0 spiro atoms. The van der Waals surface area contributed by atoms with E-state index in [9.17, 15) is 37.6 Å². The van der Waals surface area contributed by atoms with Gasteiger partial charge in [0.25, 0.3) is 5.91 Å². The van der Waals surface area contributed by atoms with Crippen molar-refractivity contribution in [1.29, 1.82) is 5.26 Å². The van der Waals surface area contributed by atoms with Crippen LogP contribution in [0.4, 0.5) is 24.5 Å². The second-order valence-electron chi connectivity index (χ2n) is 15.9. The van der Waals surface area contributed by atoms with Crippen molar-refractivity contribution in [1.82, 2.24) is 15.2 Å². The summed E-state index contributed by atoms with van der Waals surface area (Å²) in [5.74, 6) is -0.251. The average molecular weight is 817 g/mol. The van der Waals surface area contributed by atoms with Crippen molar-refractivity contribution in [3.05, 3.63) is 82.5 Å². The Morgan fingerprint density at radius 2 is 1.84 bits per heavy atom. The van der Waals surface area contributed by atoms with Gasteiger partial charge in [-0.25, -0.2) is 4.98 Å². The first-order valence-corrected chi connectivity index (χ1v) is 20.0. The Balaban J connectivity index is 1.01. The Bertz CT molecular complexity index is 2150. The van der Waals surface area contributed by atoms with Gasteiger partial charge in [0.2, 0.25) is 17.7 Å². The molecule has 3 fully saturated rings. The number of piperidine rings is 2. The standard InChI is InChI=1S/C43H47F3N6O5S/c1-5-30-21-34(52-41(58)51(40(56)42(52,3)4)33-11-9-32(23-47)36(22-33)43(44,45)46)24-48-39(30)57-16-14-27-13-15-50(26(2)17-27)25-35(53)20-29-8-6-7-28(18-29)19-31-10-12-37(54)49-38(31)55/h6-9,11,18,21-22,24,26-27,31H,5,10,12-17,19-20,25H2,1-4H3,(H,49,54,55)/t26-,27+,31?/m0/s1. The number of ether oxygens (including phenoxy) is 1. The molecule has 3 aromatic rings. The van der Waals surface area contributed by atoms with Gasteiger partial charge in [-0.2, -0.15) is 18.4 Å². The van der Waals surface area contributed by atoms with Crippen LogP contribution in [0.3, 0.4) is 0 Å². The highest BCUT2D eigenvalue weighted by Gasteiger charge is 2.51. The quantitative estimate of drug-likeness (QED) is 0.146. The first-order valence-electron chi connectivity index (χ1n) is 19.6. The molecule has 3 saturated heterocycles. The van der Waals surface area contributed by atoms with Gasteiger partial charge in [0.15, 0.2) is 10.9 Å². The second kappa shape index (κ2) is 17.3. The molecular weight excluding hydrogens is 770 g/mol. The van der Waals surface area contributed by atoms with Crippen molar-refractivity contribution < 1.29 is 37.1 Å². The number of pyridine rings is 1. The second-order valence-corrected chi connectivity index (χ2v) is 16.3. The number of hydrogen-bond donors (Lipinski definition) is 1. The summed E-state index contributed by atoms with van der Waals surface area (Å²) in [6.45, 7) is 8.96. The molecular formula is C43H47F3N6O5S. The SMILES string of the molecule is CCc1cc(N2C(=S)N(c3ccc(C#N)c(C(F)(F)F)c3)C(=O)C2(C)C)cnc1OCC[C@H]1CCN(CC(=O)Cc2cccc(CC3CCC(=O)NC3=O)c2)[C@@H](C)C1. The summed E-state index contributed by atoms with van der Waals surface area (Å²) < 4.78 is 47.5. The van der Waals surface area contributed by atoms with Crippen LogP contribution >= 0.6 is 12.2 Å². The zero-order valence-electron chi connectivity index (χ0n) is 33.0. The summed E-state index contributed by atoms with van der Waals surface area (Å²) >= 11 is 5.69. The molecule has 6 rings (SSSR count). The number of hydrogen-bond acceptors (Lipinski definition) is 9. The van der Waals surface area contributed by atoms with Crippen molar-refractivity contribution in [3.8, 4) is 11.9 Å². The Kier molecular flexibility index (Phi) is 12.7. The summed E-state index contributed by atoms with van der Waals surface area (Å²) in [4.78, 5) is 60.0. The molecule has 0 saturated carbocycles. The van der Waals surface area contributed by atoms with Crippen molar-refractivity contribution in [2.45, 2.75) is 96.8 Å². The van der Waals surface area contributed by atoms with E-state index in [-0.39, 0.29) is 40.4 Å². The number of nitrogens with zero attached hydrogens (tertiary/aromatic N) is 5. The van der Waals surface area contributed by atoms with Crippen molar-refractivity contribution in [2.75, 3.05) is 29.5 Å². The fourth-order valence-corrected chi connectivity index (χ4v) is 8.70. The lowest BCUT2D eigenvalue weighted by atomic mass is 9.89. The van der Waals surface area contributed by atoms with Crippen LogP contribution in [-0.4, -0.2) is 69.8 Å². The van der Waals surface area contributed by atoms with Crippen LogP contribution < -0.4 is 19.9 Å². The lowest BCUT2D eigenvalue weighted by molar-refractivity contribution is -0.138. The highest BCUT2D eigenvalue weighted by atomic mass is 32.1. The van der Waals surface area contributed by atoms with Crippen LogP contribution in [0.2, 0.25) is 0 Å². The van der Waals surface area contributed by atoms with Gasteiger partial charge in [-0.3, -0.25) is 34.3 Å². The number of anilines is 2. The molecule has 3 atom stereocenters. The fourth-order valence-electron chi connectivity index (χ4n) is 8.18. The smallest absolute Gasteiger partial charge is 0.417 e. The van der Waals surface area contributed by atoms with Crippen LogP contribution in [0.5, 0.6) is 5.88 Å². The minimum Gasteiger partial charge on any atom is -0.477 e. The Morgan fingerprint density at radius 3 is 2.53 bits per heavy atom. The first kappa shape index (κ1) is 42.4. The van der Waals surface area contributed by atoms with Gasteiger partial charge in [-0.1, -0.05) is 31.2 Å². The van der Waals surface area contributed by atoms with Crippen LogP contribution in [-0.2, 0) is 44.6 Å². The van der Waals surface area contributed by atoms with Gasteiger partial charge in [-0.15, -0.1) is 0 Å². The Labute approximate surface area is 341 Å². The number of rotatable bonds is 13. The zero-order chi connectivity index (χ0) is 41.9. The molecule has 306 valence electrons. The third kappa shape index (κ3) is 9.23. The predicted molar refractivity (Wildman–Crippen MR) is 215 cm³/mol. The third-order valence-electron chi connectivity index (χ3n) is 11.4. The lowest BCUT2D eigenvalue weighted by Crippen LogP contribution is -2.44. The van der Waals surface area contributed by atoms with E-state index in [1.54, 1.807) is 31.0 Å². The van der Waals surface area contributed by atoms with Gasteiger partial charge in [0.05, 0.1) is 47.9 Å². The molecule has 0 radical (unpaired) electrons. The summed E-state index contributed by atoms with van der Waals surface area (Å²) in [5, 5.41) is 11.6. The normalized spacial score (nSPS) is 21.2. The van der Waals surface area contributed by atoms with E-state index >= 15 is 0 Å². The number of aryl methyl sites for hydroxylation is 1. The van der Waals surface area contributed by atoms with E-state index < -0.39 is 28.7 Å². The number of imide groups is 1. The summed E-state index contributed by atoms with van der Waals surface area (Å²) in [6.07, 6.45) is 1.66. The largest absolute Gasteiger partial charge is 0.477 e. The maximum absolute atomic E-state index is 13.8. The highest BCUT2D eigenvalue weighted by Crippen LogP contribution is 2.40. The van der Waals surface area contributed by atoms with E-state index in [1.165, 1.54) is 6.07 Å². The molecule has 0 bridgehead atoms. The fraction of sp³-hybridized carbons (Fsp3) is 0.465. The molecule has 0 aliphatic carbocycles. The molecule has 3 amide bonds. The van der Waals surface area contributed by atoms with Gasteiger partial charge in [0.1, 0.15) is 5.54 Å². The lowest BCUT2D eigenvalue weighted by Gasteiger charge is -2.37. The predicted octanol–water partition coefficient (Wildman–Crippen LogP) is 6.73. The third-order valence-corrected chi connectivity index (χ3v) is 11.8. The molecule has 2 aromatic carbocycles. The minimum absolute atomic E-state index is 0.0104.